The van der Waals surface area contributed by atoms with Crippen LogP contribution in [-0.2, 0) is 6.54 Å². The molecule has 0 fully saturated rings. The predicted octanol–water partition coefficient (Wildman–Crippen LogP) is 3.30. The van der Waals surface area contributed by atoms with E-state index in [1.54, 1.807) is 23.2 Å². The fraction of sp³-hybridized carbons (Fsp3) is 0.118. The number of anilines is 1. The molecule has 0 bridgehead atoms. The van der Waals surface area contributed by atoms with Crippen molar-refractivity contribution >= 4 is 11.5 Å². The second-order valence-corrected chi connectivity index (χ2v) is 5.23. The van der Waals surface area contributed by atoms with Gasteiger partial charge in [0.25, 0.3) is 0 Å². The van der Waals surface area contributed by atoms with Crippen LogP contribution in [0.1, 0.15) is 11.4 Å². The molecule has 0 saturated heterocycles. The van der Waals surface area contributed by atoms with Crippen molar-refractivity contribution in [2.45, 2.75) is 13.5 Å². The van der Waals surface area contributed by atoms with Gasteiger partial charge in [0, 0.05) is 18.0 Å². The summed E-state index contributed by atoms with van der Waals surface area (Å²) >= 11 is 0. The Morgan fingerprint density at radius 1 is 1.22 bits per heavy atom. The minimum Gasteiger partial charge on any atom is -0.464 e. The quantitative estimate of drug-likeness (QED) is 0.626. The molecule has 0 atom stereocenters. The van der Waals surface area contributed by atoms with E-state index in [1.807, 2.05) is 43.3 Å². The lowest BCUT2D eigenvalue weighted by molar-refractivity contribution is 0.583. The van der Waals surface area contributed by atoms with Crippen LogP contribution in [0.15, 0.2) is 59.5 Å². The second-order valence-electron chi connectivity index (χ2n) is 5.23. The average molecular weight is 305 g/mol. The van der Waals surface area contributed by atoms with Crippen LogP contribution in [-0.4, -0.2) is 19.6 Å². The molecule has 0 aliphatic rings. The van der Waals surface area contributed by atoms with E-state index in [2.05, 4.69) is 20.4 Å². The molecule has 114 valence electrons. The van der Waals surface area contributed by atoms with Crippen molar-refractivity contribution in [1.29, 1.82) is 0 Å². The highest BCUT2D eigenvalue weighted by Gasteiger charge is 2.13. The van der Waals surface area contributed by atoms with Crippen molar-refractivity contribution in [1.82, 2.24) is 19.6 Å². The van der Waals surface area contributed by atoms with E-state index >= 15 is 0 Å². The van der Waals surface area contributed by atoms with Gasteiger partial charge in [-0.1, -0.05) is 6.07 Å². The fourth-order valence-electron chi connectivity index (χ4n) is 2.50. The third-order valence-corrected chi connectivity index (χ3v) is 3.56. The van der Waals surface area contributed by atoms with Crippen molar-refractivity contribution in [3.63, 3.8) is 0 Å². The van der Waals surface area contributed by atoms with Gasteiger partial charge >= 0.3 is 0 Å². The van der Waals surface area contributed by atoms with E-state index in [4.69, 9.17) is 4.42 Å². The number of rotatable bonds is 4. The van der Waals surface area contributed by atoms with Gasteiger partial charge in [-0.2, -0.15) is 9.61 Å². The minimum absolute atomic E-state index is 0.620. The normalized spacial score (nSPS) is 11.0. The summed E-state index contributed by atoms with van der Waals surface area (Å²) in [4.78, 5) is 8.91. The number of hydrogen-bond donors (Lipinski definition) is 1. The molecule has 0 aromatic carbocycles. The zero-order valence-corrected chi connectivity index (χ0v) is 12.6. The smallest absolute Gasteiger partial charge is 0.168 e. The monoisotopic (exact) mass is 305 g/mol. The van der Waals surface area contributed by atoms with E-state index in [0.29, 0.717) is 6.54 Å². The molecule has 23 heavy (non-hydrogen) atoms. The fourth-order valence-corrected chi connectivity index (χ4v) is 2.50. The first-order valence-corrected chi connectivity index (χ1v) is 7.34. The number of aryl methyl sites for hydroxylation is 1. The molecule has 4 aromatic heterocycles. The Kier molecular flexibility index (Phi) is 3.27. The summed E-state index contributed by atoms with van der Waals surface area (Å²) < 4.78 is 7.26. The number of pyridine rings is 1. The Hall–Kier alpha value is -3.15. The standard InChI is InChI=1S/C17H15N5O/c1-12-9-16(19-10-13-5-2-3-7-18-13)22-17(21-12)14(11-20-22)15-6-4-8-23-15/h2-9,11,19H,10H2,1H3. The molecule has 6 nitrogen and oxygen atoms in total. The maximum atomic E-state index is 5.47. The third kappa shape index (κ3) is 2.55. The first-order valence-electron chi connectivity index (χ1n) is 7.34. The summed E-state index contributed by atoms with van der Waals surface area (Å²) in [6.07, 6.45) is 5.20. The van der Waals surface area contributed by atoms with Crippen molar-refractivity contribution in [2.75, 3.05) is 5.32 Å². The van der Waals surface area contributed by atoms with Crippen LogP contribution in [0.25, 0.3) is 17.0 Å². The minimum atomic E-state index is 0.620. The molecule has 4 rings (SSSR count). The third-order valence-electron chi connectivity index (χ3n) is 3.56. The van der Waals surface area contributed by atoms with E-state index in [9.17, 15) is 0 Å². The Balaban J connectivity index is 1.72. The number of aromatic nitrogens is 4. The van der Waals surface area contributed by atoms with Crippen LogP contribution in [0.2, 0.25) is 0 Å². The molecular formula is C17H15N5O. The molecule has 0 saturated carbocycles. The van der Waals surface area contributed by atoms with Crippen molar-refractivity contribution in [3.8, 4) is 11.3 Å². The van der Waals surface area contributed by atoms with E-state index in [-0.39, 0.29) is 0 Å². The van der Waals surface area contributed by atoms with Crippen LogP contribution < -0.4 is 5.32 Å². The summed E-state index contributed by atoms with van der Waals surface area (Å²) in [7, 11) is 0. The van der Waals surface area contributed by atoms with Gasteiger partial charge < -0.3 is 9.73 Å². The SMILES string of the molecule is Cc1cc(NCc2ccccn2)n2ncc(-c3ccco3)c2n1. The molecule has 4 heterocycles. The predicted molar refractivity (Wildman–Crippen MR) is 87.0 cm³/mol. The van der Waals surface area contributed by atoms with E-state index in [0.717, 1.165) is 34.2 Å². The van der Waals surface area contributed by atoms with Crippen LogP contribution in [0.3, 0.4) is 0 Å². The van der Waals surface area contributed by atoms with Gasteiger partial charge in [-0.15, -0.1) is 0 Å². The Morgan fingerprint density at radius 3 is 2.96 bits per heavy atom. The molecule has 1 N–H and O–H groups in total. The first-order chi connectivity index (χ1) is 11.3. The Labute approximate surface area is 132 Å². The van der Waals surface area contributed by atoms with Gasteiger partial charge in [-0.05, 0) is 31.2 Å². The number of nitrogens with zero attached hydrogens (tertiary/aromatic N) is 4. The number of furan rings is 1. The van der Waals surface area contributed by atoms with Crippen molar-refractivity contribution in [2.24, 2.45) is 0 Å². The van der Waals surface area contributed by atoms with Crippen LogP contribution in [0, 0.1) is 6.92 Å². The topological polar surface area (TPSA) is 68.2 Å². The molecule has 0 unspecified atom stereocenters. The molecule has 4 aromatic rings. The summed E-state index contributed by atoms with van der Waals surface area (Å²) in [5.41, 5.74) is 3.52. The van der Waals surface area contributed by atoms with Crippen LogP contribution in [0.5, 0.6) is 0 Å². The summed E-state index contributed by atoms with van der Waals surface area (Å²) in [5, 5.41) is 7.81. The highest BCUT2D eigenvalue weighted by atomic mass is 16.3. The summed E-state index contributed by atoms with van der Waals surface area (Å²) in [5.74, 6) is 1.63. The lowest BCUT2D eigenvalue weighted by Gasteiger charge is -2.09. The Bertz CT molecular complexity index is 928. The molecule has 0 radical (unpaired) electrons. The number of hydrogen-bond acceptors (Lipinski definition) is 5. The number of fused-ring (bicyclic) bond motifs is 1. The van der Waals surface area contributed by atoms with Gasteiger partial charge in [0.2, 0.25) is 0 Å². The van der Waals surface area contributed by atoms with Gasteiger partial charge in [0.15, 0.2) is 5.65 Å². The number of nitrogens with one attached hydrogen (secondary N) is 1. The molecule has 0 aliphatic heterocycles. The van der Waals surface area contributed by atoms with E-state index < -0.39 is 0 Å². The molecule has 0 aliphatic carbocycles. The summed E-state index contributed by atoms with van der Waals surface area (Å²) in [6, 6.07) is 11.6. The average Bonchev–Trinajstić information content (AvgIpc) is 3.22. The van der Waals surface area contributed by atoms with E-state index in [1.165, 1.54) is 0 Å². The maximum absolute atomic E-state index is 5.47. The molecular weight excluding hydrogens is 290 g/mol. The molecule has 0 spiro atoms. The highest BCUT2D eigenvalue weighted by Crippen LogP contribution is 2.26. The largest absolute Gasteiger partial charge is 0.464 e. The van der Waals surface area contributed by atoms with Gasteiger partial charge in [-0.3, -0.25) is 4.98 Å². The van der Waals surface area contributed by atoms with Crippen molar-refractivity contribution in [3.05, 3.63) is 66.4 Å². The lowest BCUT2D eigenvalue weighted by Crippen LogP contribution is -2.07. The maximum Gasteiger partial charge on any atom is 0.168 e. The van der Waals surface area contributed by atoms with Gasteiger partial charge in [-0.25, -0.2) is 4.98 Å². The zero-order chi connectivity index (χ0) is 15.6. The highest BCUT2D eigenvalue weighted by molar-refractivity contribution is 5.74. The van der Waals surface area contributed by atoms with Gasteiger partial charge in [0.05, 0.1) is 30.3 Å². The van der Waals surface area contributed by atoms with Crippen molar-refractivity contribution < 1.29 is 4.42 Å². The lowest BCUT2D eigenvalue weighted by atomic mass is 10.2. The van der Waals surface area contributed by atoms with Crippen LogP contribution >= 0.6 is 0 Å². The second kappa shape index (κ2) is 5.57. The zero-order valence-electron chi connectivity index (χ0n) is 12.6. The van der Waals surface area contributed by atoms with Gasteiger partial charge in [0.1, 0.15) is 11.6 Å². The van der Waals surface area contributed by atoms with Crippen LogP contribution in [0.4, 0.5) is 5.82 Å². The summed E-state index contributed by atoms with van der Waals surface area (Å²) in [6.45, 7) is 2.58. The molecule has 0 amide bonds. The Morgan fingerprint density at radius 2 is 2.17 bits per heavy atom. The molecule has 6 heteroatoms. The first kappa shape index (κ1) is 13.5.